The molecule has 0 radical (unpaired) electrons. The third-order valence-electron chi connectivity index (χ3n) is 2.66. The van der Waals surface area contributed by atoms with Gasteiger partial charge < -0.3 is 25.1 Å². The zero-order valence-corrected chi connectivity index (χ0v) is 14.9. The number of carbonyl (C=O) groups is 1. The van der Waals surface area contributed by atoms with E-state index in [2.05, 4.69) is 25.6 Å². The highest BCUT2D eigenvalue weighted by Crippen LogP contribution is 2.15. The van der Waals surface area contributed by atoms with Gasteiger partial charge in [-0.15, -0.1) is 0 Å². The maximum atomic E-state index is 11.8. The first-order valence-corrected chi connectivity index (χ1v) is 8.83. The summed E-state index contributed by atoms with van der Waals surface area (Å²) in [5.41, 5.74) is 10.5. The molecule has 10 nitrogen and oxygen atoms in total. The predicted octanol–water partition coefficient (Wildman–Crippen LogP) is 0.413. The van der Waals surface area contributed by atoms with E-state index in [-0.39, 0.29) is 11.5 Å². The molecule has 26 heavy (non-hydrogen) atoms. The third-order valence-corrected chi connectivity index (χ3v) is 3.11. The Morgan fingerprint density at radius 1 is 1.27 bits per heavy atom. The van der Waals surface area contributed by atoms with E-state index in [1.54, 1.807) is 29.0 Å². The Balaban J connectivity index is 0.000000765. The first kappa shape index (κ1) is 20.7. The van der Waals surface area contributed by atoms with Gasteiger partial charge in [0.2, 0.25) is 0 Å². The second-order valence-corrected chi connectivity index (χ2v) is 6.38. The molecule has 2 aromatic rings. The molecular formula is C15H19N5O5S. The summed E-state index contributed by atoms with van der Waals surface area (Å²) in [7, 11) is -2.42. The van der Waals surface area contributed by atoms with Crippen LogP contribution < -0.4 is 11.5 Å². The Morgan fingerprint density at radius 3 is 2.50 bits per heavy atom. The van der Waals surface area contributed by atoms with E-state index in [4.69, 9.17) is 5.41 Å². The van der Waals surface area contributed by atoms with Crippen LogP contribution in [0.5, 0.6) is 0 Å². The maximum absolute atomic E-state index is 11.8. The van der Waals surface area contributed by atoms with Crippen LogP contribution in [0.3, 0.4) is 0 Å². The molecule has 0 saturated carbocycles. The number of hydrogen-bond acceptors (Lipinski definition) is 7. The maximum Gasteiger partial charge on any atom is 0.353 e. The number of oxime groups is 1. The van der Waals surface area contributed by atoms with Gasteiger partial charge in [-0.05, 0) is 30.3 Å². The van der Waals surface area contributed by atoms with E-state index in [9.17, 15) is 13.2 Å². The number of nitrogens with zero attached hydrogens (tertiary/aromatic N) is 2. The number of hydrogen-bond donors (Lipinski definition) is 3. The largest absolute Gasteiger partial charge is 0.399 e. The predicted molar refractivity (Wildman–Crippen MR) is 96.7 cm³/mol. The van der Waals surface area contributed by atoms with Crippen molar-refractivity contribution in [2.75, 3.05) is 13.4 Å². The van der Waals surface area contributed by atoms with Crippen molar-refractivity contribution < 1.29 is 22.2 Å². The summed E-state index contributed by atoms with van der Waals surface area (Å²) in [5.74, 6) is -1.26. The normalized spacial score (nSPS) is 10.7. The van der Waals surface area contributed by atoms with E-state index in [1.165, 1.54) is 25.5 Å². The monoisotopic (exact) mass is 381 g/mol. The molecule has 0 fully saturated rings. The minimum atomic E-state index is -3.85. The Morgan fingerprint density at radius 2 is 1.92 bits per heavy atom. The van der Waals surface area contributed by atoms with Crippen molar-refractivity contribution in [1.29, 1.82) is 5.41 Å². The van der Waals surface area contributed by atoms with Gasteiger partial charge in [0.1, 0.15) is 7.11 Å². The SMILES string of the molecule is CO/N=C/c1cccn1-c1cccc(C(=O)OS(C)(=O)=O)c1.N=C(N)N. The van der Waals surface area contributed by atoms with Crippen LogP contribution in [-0.2, 0) is 19.1 Å². The number of carbonyl (C=O) groups excluding carboxylic acids is 1. The lowest BCUT2D eigenvalue weighted by Gasteiger charge is -2.08. The molecule has 1 aromatic heterocycles. The van der Waals surface area contributed by atoms with Gasteiger partial charge in [0.25, 0.3) is 0 Å². The number of aromatic nitrogens is 1. The molecule has 0 bridgehead atoms. The molecule has 0 spiro atoms. The summed E-state index contributed by atoms with van der Waals surface area (Å²) in [4.78, 5) is 16.4. The highest BCUT2D eigenvalue weighted by atomic mass is 32.2. The standard InChI is InChI=1S/C14H14N2O5S.CH5N3/c1-20-15-10-13-7-4-8-16(13)12-6-3-5-11(9-12)14(17)21-22(2,18)19;2-1(3)4/h3-10H,1-2H3;(H5,2,3,4)/b15-10+;. The molecule has 0 unspecified atom stereocenters. The summed E-state index contributed by atoms with van der Waals surface area (Å²) in [6.45, 7) is 0. The molecule has 11 heteroatoms. The fourth-order valence-electron chi connectivity index (χ4n) is 1.81. The van der Waals surface area contributed by atoms with Gasteiger partial charge in [0, 0.05) is 11.9 Å². The molecule has 140 valence electrons. The van der Waals surface area contributed by atoms with Crippen molar-refractivity contribution >= 4 is 28.3 Å². The third kappa shape index (κ3) is 7.05. The van der Waals surface area contributed by atoms with E-state index >= 15 is 0 Å². The molecule has 1 aromatic carbocycles. The number of nitrogens with one attached hydrogen (secondary N) is 1. The van der Waals surface area contributed by atoms with E-state index in [1.807, 2.05) is 6.07 Å². The number of guanidine groups is 1. The fourth-order valence-corrected chi connectivity index (χ4v) is 2.18. The van der Waals surface area contributed by atoms with Crippen molar-refractivity contribution in [3.63, 3.8) is 0 Å². The summed E-state index contributed by atoms with van der Waals surface area (Å²) in [6.07, 6.45) is 4.11. The van der Waals surface area contributed by atoms with Crippen molar-refractivity contribution in [2.24, 2.45) is 16.6 Å². The van der Waals surface area contributed by atoms with Crippen molar-refractivity contribution in [2.45, 2.75) is 0 Å². The molecule has 0 atom stereocenters. The van der Waals surface area contributed by atoms with Gasteiger partial charge in [-0.2, -0.15) is 8.42 Å². The highest BCUT2D eigenvalue weighted by Gasteiger charge is 2.14. The minimum absolute atomic E-state index is 0.131. The van der Waals surface area contributed by atoms with Crippen molar-refractivity contribution in [3.8, 4) is 5.69 Å². The smallest absolute Gasteiger partial charge is 0.353 e. The molecular weight excluding hydrogens is 362 g/mol. The molecule has 0 aliphatic rings. The Labute approximate surface area is 150 Å². The first-order chi connectivity index (χ1) is 12.1. The lowest BCUT2D eigenvalue weighted by Crippen LogP contribution is -2.20. The Hall–Kier alpha value is -3.34. The van der Waals surface area contributed by atoms with Crippen LogP contribution in [0.15, 0.2) is 47.8 Å². The van der Waals surface area contributed by atoms with E-state index in [0.29, 0.717) is 5.69 Å². The second-order valence-electron chi connectivity index (χ2n) is 4.80. The zero-order chi connectivity index (χ0) is 19.7. The lowest BCUT2D eigenvalue weighted by molar-refractivity contribution is 0.0748. The van der Waals surface area contributed by atoms with Crippen molar-refractivity contribution in [3.05, 3.63) is 53.9 Å². The number of benzene rings is 1. The first-order valence-electron chi connectivity index (χ1n) is 7.01. The highest BCUT2D eigenvalue weighted by molar-refractivity contribution is 7.86. The minimum Gasteiger partial charge on any atom is -0.399 e. The van der Waals surface area contributed by atoms with Crippen LogP contribution >= 0.6 is 0 Å². The van der Waals surface area contributed by atoms with E-state index in [0.717, 1.165) is 11.9 Å². The van der Waals surface area contributed by atoms with E-state index < -0.39 is 16.1 Å². The van der Waals surface area contributed by atoms with Crippen LogP contribution in [0.4, 0.5) is 0 Å². The average Bonchev–Trinajstić information content (AvgIpc) is 2.99. The lowest BCUT2D eigenvalue weighted by atomic mass is 10.2. The summed E-state index contributed by atoms with van der Waals surface area (Å²) < 4.78 is 28.2. The molecule has 2 rings (SSSR count). The quantitative estimate of drug-likeness (QED) is 0.292. The van der Waals surface area contributed by atoms with Gasteiger partial charge in [0.15, 0.2) is 5.96 Å². The van der Waals surface area contributed by atoms with Crippen LogP contribution in [0, 0.1) is 5.41 Å². The second kappa shape index (κ2) is 9.22. The molecule has 5 N–H and O–H groups in total. The Kier molecular flexibility index (Phi) is 7.34. The summed E-state index contributed by atoms with van der Waals surface area (Å²) in [6, 6.07) is 10.0. The topological polar surface area (TPSA) is 163 Å². The van der Waals surface area contributed by atoms with Crippen LogP contribution in [0.25, 0.3) is 5.69 Å². The average molecular weight is 381 g/mol. The van der Waals surface area contributed by atoms with Gasteiger partial charge >= 0.3 is 16.1 Å². The van der Waals surface area contributed by atoms with Gasteiger partial charge in [-0.3, -0.25) is 5.41 Å². The zero-order valence-electron chi connectivity index (χ0n) is 14.1. The molecule has 1 heterocycles. The molecule has 0 saturated heterocycles. The molecule has 0 amide bonds. The summed E-state index contributed by atoms with van der Waals surface area (Å²) in [5, 5.41) is 9.75. The van der Waals surface area contributed by atoms with Gasteiger partial charge in [-0.1, -0.05) is 11.2 Å². The fraction of sp³-hybridized carbons (Fsp3) is 0.133. The van der Waals surface area contributed by atoms with Gasteiger partial charge in [-0.25, -0.2) is 4.79 Å². The van der Waals surface area contributed by atoms with Crippen LogP contribution in [0.1, 0.15) is 16.1 Å². The number of nitrogens with two attached hydrogens (primary N) is 2. The molecule has 0 aliphatic carbocycles. The van der Waals surface area contributed by atoms with Crippen LogP contribution in [0.2, 0.25) is 0 Å². The Bertz CT molecular complexity index is 901. The van der Waals surface area contributed by atoms with Gasteiger partial charge in [0.05, 0.1) is 23.7 Å². The van der Waals surface area contributed by atoms with Crippen molar-refractivity contribution in [1.82, 2.24) is 4.57 Å². The number of rotatable bonds is 5. The summed E-state index contributed by atoms with van der Waals surface area (Å²) >= 11 is 0. The van der Waals surface area contributed by atoms with Crippen LogP contribution in [-0.4, -0.2) is 44.5 Å². The molecule has 0 aliphatic heterocycles.